The number of nitrogens with zero attached hydrogens (tertiary/aromatic N) is 1. The van der Waals surface area contributed by atoms with Crippen LogP contribution in [0, 0.1) is 0 Å². The summed E-state index contributed by atoms with van der Waals surface area (Å²) < 4.78 is 6.22. The molecule has 2 aromatic heterocycles. The predicted molar refractivity (Wildman–Crippen MR) is 95.2 cm³/mol. The van der Waals surface area contributed by atoms with Crippen molar-refractivity contribution in [1.82, 2.24) is 9.97 Å². The molecular weight excluding hydrogens is 392 g/mol. The van der Waals surface area contributed by atoms with Gasteiger partial charge >= 0.3 is 5.97 Å². The zero-order valence-corrected chi connectivity index (χ0v) is 15.1. The van der Waals surface area contributed by atoms with Crippen LogP contribution in [0.4, 0.5) is 0 Å². The van der Waals surface area contributed by atoms with Crippen LogP contribution >= 0.6 is 27.3 Å². The van der Waals surface area contributed by atoms with Gasteiger partial charge < -0.3 is 9.72 Å². The molecule has 0 radical (unpaired) electrons. The molecule has 0 spiro atoms. The van der Waals surface area contributed by atoms with E-state index in [0.29, 0.717) is 11.3 Å². The second-order valence-electron chi connectivity index (χ2n) is 5.09. The SMILES string of the molecule is CC(=O)c1c[nH]c(C(=O)OCc2csc(-c3cccc(Br)c3)n2)c1. The van der Waals surface area contributed by atoms with E-state index in [1.807, 2.05) is 29.6 Å². The number of esters is 1. The summed E-state index contributed by atoms with van der Waals surface area (Å²) in [6, 6.07) is 9.33. The minimum atomic E-state index is -0.514. The van der Waals surface area contributed by atoms with Gasteiger partial charge in [-0.3, -0.25) is 4.79 Å². The first-order valence-electron chi connectivity index (χ1n) is 7.10. The molecule has 3 rings (SSSR count). The number of aromatic nitrogens is 2. The fourth-order valence-corrected chi connectivity index (χ4v) is 3.26. The zero-order valence-electron chi connectivity index (χ0n) is 12.7. The van der Waals surface area contributed by atoms with E-state index in [1.54, 1.807) is 0 Å². The van der Waals surface area contributed by atoms with Crippen molar-refractivity contribution in [3.05, 3.63) is 63.3 Å². The molecule has 0 aliphatic heterocycles. The molecule has 1 N–H and O–H groups in total. The Bertz CT molecular complexity index is 901. The first-order chi connectivity index (χ1) is 11.5. The van der Waals surface area contributed by atoms with Crippen LogP contribution in [0.5, 0.6) is 0 Å². The highest BCUT2D eigenvalue weighted by atomic mass is 79.9. The van der Waals surface area contributed by atoms with Gasteiger partial charge in [0.2, 0.25) is 0 Å². The fraction of sp³-hybridized carbons (Fsp3) is 0.118. The number of nitrogens with one attached hydrogen (secondary N) is 1. The molecule has 0 fully saturated rings. The number of carbonyl (C=O) groups excluding carboxylic acids is 2. The van der Waals surface area contributed by atoms with E-state index in [2.05, 4.69) is 25.9 Å². The second-order valence-corrected chi connectivity index (χ2v) is 6.86. The Morgan fingerprint density at radius 2 is 2.17 bits per heavy atom. The molecule has 0 bridgehead atoms. The average Bonchev–Trinajstić information content (AvgIpc) is 3.22. The number of thiazole rings is 1. The molecule has 0 saturated heterocycles. The van der Waals surface area contributed by atoms with E-state index in [9.17, 15) is 9.59 Å². The Hall–Kier alpha value is -2.25. The summed E-state index contributed by atoms with van der Waals surface area (Å²) in [7, 11) is 0. The molecule has 0 amide bonds. The van der Waals surface area contributed by atoms with Gasteiger partial charge in [-0.05, 0) is 25.1 Å². The van der Waals surface area contributed by atoms with Crippen LogP contribution < -0.4 is 0 Å². The predicted octanol–water partition coefficient (Wildman–Crippen LogP) is 4.46. The van der Waals surface area contributed by atoms with Crippen molar-refractivity contribution < 1.29 is 14.3 Å². The lowest BCUT2D eigenvalue weighted by Gasteiger charge is -2.00. The molecular formula is C17H13BrN2O3S. The summed E-state index contributed by atoms with van der Waals surface area (Å²) in [5.74, 6) is -0.622. The topological polar surface area (TPSA) is 72.0 Å². The highest BCUT2D eigenvalue weighted by Gasteiger charge is 2.13. The number of hydrogen-bond acceptors (Lipinski definition) is 5. The largest absolute Gasteiger partial charge is 0.454 e. The van der Waals surface area contributed by atoms with Crippen LogP contribution in [0.1, 0.15) is 33.5 Å². The average molecular weight is 405 g/mol. The molecule has 0 unspecified atom stereocenters. The summed E-state index contributed by atoms with van der Waals surface area (Å²) in [4.78, 5) is 30.4. The number of carbonyl (C=O) groups is 2. The molecule has 3 aromatic rings. The Balaban J connectivity index is 1.64. The first kappa shape index (κ1) is 16.6. The fourth-order valence-electron chi connectivity index (χ4n) is 2.06. The highest BCUT2D eigenvalue weighted by molar-refractivity contribution is 9.10. The Kier molecular flexibility index (Phi) is 4.92. The van der Waals surface area contributed by atoms with Crippen molar-refractivity contribution in [1.29, 1.82) is 0 Å². The van der Waals surface area contributed by atoms with Crippen molar-refractivity contribution in [2.75, 3.05) is 0 Å². The standard InChI is InChI=1S/C17H13BrN2O3S/c1-10(21)12-6-15(19-7-12)17(22)23-8-14-9-24-16(20-14)11-3-2-4-13(18)5-11/h2-7,9,19H,8H2,1H3. The van der Waals surface area contributed by atoms with Gasteiger partial charge in [-0.2, -0.15) is 0 Å². The number of rotatable bonds is 5. The maximum Gasteiger partial charge on any atom is 0.355 e. The van der Waals surface area contributed by atoms with Gasteiger partial charge in [0.25, 0.3) is 0 Å². The number of aromatic amines is 1. The summed E-state index contributed by atoms with van der Waals surface area (Å²) in [5.41, 5.74) is 2.39. The third kappa shape index (κ3) is 3.80. The summed E-state index contributed by atoms with van der Waals surface area (Å²) in [6.07, 6.45) is 1.49. The second kappa shape index (κ2) is 7.11. The Morgan fingerprint density at radius 3 is 2.88 bits per heavy atom. The van der Waals surface area contributed by atoms with Gasteiger partial charge in [0.1, 0.15) is 17.3 Å². The molecule has 2 heterocycles. The van der Waals surface area contributed by atoms with Gasteiger partial charge in [-0.1, -0.05) is 28.1 Å². The van der Waals surface area contributed by atoms with Crippen LogP contribution in [0.2, 0.25) is 0 Å². The van der Waals surface area contributed by atoms with Gasteiger partial charge in [0, 0.05) is 27.2 Å². The van der Waals surface area contributed by atoms with Gasteiger partial charge in [-0.15, -0.1) is 11.3 Å². The Labute approximate surface area is 150 Å². The molecule has 5 nitrogen and oxygen atoms in total. The molecule has 24 heavy (non-hydrogen) atoms. The van der Waals surface area contributed by atoms with E-state index in [0.717, 1.165) is 15.0 Å². The maximum absolute atomic E-state index is 12.0. The van der Waals surface area contributed by atoms with Gasteiger partial charge in [-0.25, -0.2) is 9.78 Å². The molecule has 0 aliphatic carbocycles. The van der Waals surface area contributed by atoms with Crippen LogP contribution in [0.15, 0.2) is 46.4 Å². The number of H-pyrrole nitrogens is 1. The van der Waals surface area contributed by atoms with E-state index in [-0.39, 0.29) is 18.1 Å². The van der Waals surface area contributed by atoms with Gasteiger partial charge in [0.15, 0.2) is 5.78 Å². The summed E-state index contributed by atoms with van der Waals surface area (Å²) >= 11 is 4.93. The number of Topliss-reactive ketones (excluding diaryl/α,β-unsaturated/α-hetero) is 1. The number of ether oxygens (including phenoxy) is 1. The van der Waals surface area contributed by atoms with Crippen molar-refractivity contribution in [3.8, 4) is 10.6 Å². The lowest BCUT2D eigenvalue weighted by atomic mass is 10.2. The molecule has 1 aromatic carbocycles. The van der Waals surface area contributed by atoms with Crippen molar-refractivity contribution >= 4 is 39.0 Å². The van der Waals surface area contributed by atoms with Crippen molar-refractivity contribution in [3.63, 3.8) is 0 Å². The van der Waals surface area contributed by atoms with E-state index in [4.69, 9.17) is 4.74 Å². The van der Waals surface area contributed by atoms with Crippen molar-refractivity contribution in [2.45, 2.75) is 13.5 Å². The number of benzene rings is 1. The lowest BCUT2D eigenvalue weighted by Crippen LogP contribution is -2.05. The number of halogens is 1. The van der Waals surface area contributed by atoms with Crippen LogP contribution in [0.3, 0.4) is 0 Å². The first-order valence-corrected chi connectivity index (χ1v) is 8.77. The van der Waals surface area contributed by atoms with Crippen LogP contribution in [-0.4, -0.2) is 21.7 Å². The maximum atomic E-state index is 12.0. The minimum Gasteiger partial charge on any atom is -0.454 e. The molecule has 122 valence electrons. The summed E-state index contributed by atoms with van der Waals surface area (Å²) in [5, 5.41) is 2.72. The van der Waals surface area contributed by atoms with Crippen LogP contribution in [0.25, 0.3) is 10.6 Å². The number of ketones is 1. The van der Waals surface area contributed by atoms with E-state index < -0.39 is 5.97 Å². The minimum absolute atomic E-state index is 0.0811. The Morgan fingerprint density at radius 1 is 1.33 bits per heavy atom. The summed E-state index contributed by atoms with van der Waals surface area (Å²) in [6.45, 7) is 1.52. The quantitative estimate of drug-likeness (QED) is 0.503. The molecule has 0 atom stereocenters. The number of hydrogen-bond donors (Lipinski definition) is 1. The molecule has 0 aliphatic rings. The monoisotopic (exact) mass is 404 g/mol. The molecule has 7 heteroatoms. The van der Waals surface area contributed by atoms with Gasteiger partial charge in [0.05, 0.1) is 5.69 Å². The zero-order chi connectivity index (χ0) is 17.1. The smallest absolute Gasteiger partial charge is 0.355 e. The van der Waals surface area contributed by atoms with E-state index in [1.165, 1.54) is 30.5 Å². The highest BCUT2D eigenvalue weighted by Crippen LogP contribution is 2.26. The molecule has 0 saturated carbocycles. The van der Waals surface area contributed by atoms with Crippen LogP contribution in [-0.2, 0) is 11.3 Å². The normalized spacial score (nSPS) is 10.6. The van der Waals surface area contributed by atoms with E-state index >= 15 is 0 Å². The third-order valence-electron chi connectivity index (χ3n) is 3.28. The third-order valence-corrected chi connectivity index (χ3v) is 4.72. The van der Waals surface area contributed by atoms with Crippen molar-refractivity contribution in [2.24, 2.45) is 0 Å². The lowest BCUT2D eigenvalue weighted by molar-refractivity contribution is 0.0462.